The fourth-order valence-electron chi connectivity index (χ4n) is 0.800. The Hall–Kier alpha value is -0.0800. The molecule has 8 heavy (non-hydrogen) atoms. The minimum Gasteiger partial charge on any atom is -0.345 e. The van der Waals surface area contributed by atoms with E-state index < -0.39 is 0 Å². The molecule has 0 aromatic heterocycles. The van der Waals surface area contributed by atoms with Gasteiger partial charge in [0.15, 0.2) is 0 Å². The van der Waals surface area contributed by atoms with Gasteiger partial charge in [-0.2, -0.15) is 0 Å². The van der Waals surface area contributed by atoms with Crippen molar-refractivity contribution in [1.29, 1.82) is 0 Å². The van der Waals surface area contributed by atoms with E-state index in [9.17, 15) is 0 Å². The van der Waals surface area contributed by atoms with Crippen LogP contribution in [0.5, 0.6) is 0 Å². The maximum absolute atomic E-state index is 5.00. The first-order valence-corrected chi connectivity index (χ1v) is 2.91. The molecule has 0 saturated carbocycles. The predicted octanol–water partition coefficient (Wildman–Crippen LogP) is 1.32. The summed E-state index contributed by atoms with van der Waals surface area (Å²) < 4.78 is 10.0. The van der Waals surface area contributed by atoms with Gasteiger partial charge < -0.3 is 9.47 Å². The third-order valence-corrected chi connectivity index (χ3v) is 1.24. The molecule has 0 bridgehead atoms. The summed E-state index contributed by atoms with van der Waals surface area (Å²) >= 11 is 0. The van der Waals surface area contributed by atoms with Crippen molar-refractivity contribution in [2.75, 3.05) is 0 Å². The predicted molar refractivity (Wildman–Crippen MR) is 30.0 cm³/mol. The zero-order chi connectivity index (χ0) is 5.98. The molecule has 47 valence electrons. The first-order chi connectivity index (χ1) is 3.79. The Morgan fingerprint density at radius 2 is 1.75 bits per heavy atom. The molecule has 1 radical (unpaired) electrons. The molecular formula is C6H11O2. The van der Waals surface area contributed by atoms with E-state index in [1.807, 2.05) is 13.8 Å². The summed E-state index contributed by atoms with van der Waals surface area (Å²) in [5.41, 5.74) is 0. The molecule has 0 spiro atoms. The Balaban J connectivity index is 2.23. The molecule has 1 fully saturated rings. The zero-order valence-electron chi connectivity index (χ0n) is 5.26. The zero-order valence-corrected chi connectivity index (χ0v) is 5.26. The molecule has 1 rings (SSSR count). The molecule has 2 heteroatoms. The van der Waals surface area contributed by atoms with Gasteiger partial charge in [-0.1, -0.05) is 0 Å². The lowest BCUT2D eigenvalue weighted by molar-refractivity contribution is -0.104. The summed E-state index contributed by atoms with van der Waals surface area (Å²) in [6.45, 7) is 5.50. The van der Waals surface area contributed by atoms with Gasteiger partial charge in [-0.3, -0.25) is 0 Å². The minimum atomic E-state index is 0.332. The van der Waals surface area contributed by atoms with Crippen molar-refractivity contribution in [3.05, 3.63) is 6.79 Å². The Kier molecular flexibility index (Phi) is 1.86. The number of hydrogen-bond donors (Lipinski definition) is 0. The Morgan fingerprint density at radius 3 is 2.00 bits per heavy atom. The normalized spacial score (nSPS) is 39.8. The van der Waals surface area contributed by atoms with Crippen LogP contribution in [-0.2, 0) is 9.47 Å². The molecule has 0 N–H and O–H groups in total. The molecule has 0 aromatic carbocycles. The minimum absolute atomic E-state index is 0.332. The number of ether oxygens (including phenoxy) is 2. The van der Waals surface area contributed by atoms with Gasteiger partial charge in [0.1, 0.15) is 0 Å². The van der Waals surface area contributed by atoms with Crippen molar-refractivity contribution in [2.45, 2.75) is 32.5 Å². The van der Waals surface area contributed by atoms with Crippen molar-refractivity contribution >= 4 is 0 Å². The molecule has 0 amide bonds. The van der Waals surface area contributed by atoms with Crippen molar-refractivity contribution in [3.8, 4) is 0 Å². The van der Waals surface area contributed by atoms with Gasteiger partial charge in [0.25, 0.3) is 0 Å². The molecule has 2 atom stereocenters. The smallest absolute Gasteiger partial charge is 0.209 e. The van der Waals surface area contributed by atoms with Crippen LogP contribution < -0.4 is 0 Å². The highest BCUT2D eigenvalue weighted by atomic mass is 16.7. The first-order valence-electron chi connectivity index (χ1n) is 2.91. The number of hydrogen-bond acceptors (Lipinski definition) is 2. The molecule has 2 nitrogen and oxygen atoms in total. The van der Waals surface area contributed by atoms with Crippen LogP contribution in [0.3, 0.4) is 0 Å². The first kappa shape index (κ1) is 6.05. The van der Waals surface area contributed by atoms with Crippen molar-refractivity contribution < 1.29 is 9.47 Å². The third-order valence-electron chi connectivity index (χ3n) is 1.24. The van der Waals surface area contributed by atoms with Crippen LogP contribution in [0, 0.1) is 6.79 Å². The Bertz CT molecular complexity index is 64.9. The van der Waals surface area contributed by atoms with Gasteiger partial charge in [0, 0.05) is 0 Å². The van der Waals surface area contributed by atoms with Crippen molar-refractivity contribution in [1.82, 2.24) is 0 Å². The summed E-state index contributed by atoms with van der Waals surface area (Å²) in [6.07, 6.45) is 1.66. The van der Waals surface area contributed by atoms with Crippen LogP contribution in [0.2, 0.25) is 0 Å². The second-order valence-corrected chi connectivity index (χ2v) is 2.23. The second-order valence-electron chi connectivity index (χ2n) is 2.23. The van der Waals surface area contributed by atoms with E-state index in [1.165, 1.54) is 6.79 Å². The monoisotopic (exact) mass is 115 g/mol. The largest absolute Gasteiger partial charge is 0.345 e. The van der Waals surface area contributed by atoms with E-state index in [-0.39, 0.29) is 0 Å². The van der Waals surface area contributed by atoms with E-state index in [0.717, 1.165) is 6.42 Å². The fourth-order valence-corrected chi connectivity index (χ4v) is 0.800. The van der Waals surface area contributed by atoms with E-state index >= 15 is 0 Å². The van der Waals surface area contributed by atoms with Crippen LogP contribution in [0.25, 0.3) is 0 Å². The quantitative estimate of drug-likeness (QED) is 0.474. The highest BCUT2D eigenvalue weighted by Crippen LogP contribution is 2.13. The molecule has 1 aliphatic heterocycles. The van der Waals surface area contributed by atoms with Crippen LogP contribution in [-0.4, -0.2) is 12.2 Å². The van der Waals surface area contributed by atoms with E-state index in [1.54, 1.807) is 0 Å². The highest BCUT2D eigenvalue weighted by Gasteiger charge is 2.15. The van der Waals surface area contributed by atoms with Gasteiger partial charge in [-0.25, -0.2) is 0 Å². The topological polar surface area (TPSA) is 18.5 Å². The van der Waals surface area contributed by atoms with Gasteiger partial charge in [0.2, 0.25) is 6.79 Å². The summed E-state index contributed by atoms with van der Waals surface area (Å²) in [4.78, 5) is 0. The lowest BCUT2D eigenvalue weighted by Crippen LogP contribution is -2.23. The van der Waals surface area contributed by atoms with Gasteiger partial charge in [-0.15, -0.1) is 0 Å². The summed E-state index contributed by atoms with van der Waals surface area (Å²) in [5, 5.41) is 0. The second kappa shape index (κ2) is 2.46. The highest BCUT2D eigenvalue weighted by molar-refractivity contribution is 4.63. The Morgan fingerprint density at radius 1 is 1.25 bits per heavy atom. The molecular weight excluding hydrogens is 104 g/mol. The molecule has 0 aliphatic carbocycles. The number of rotatable bonds is 0. The maximum Gasteiger partial charge on any atom is 0.209 e. The average Bonchev–Trinajstić information content (AvgIpc) is 1.64. The standard InChI is InChI=1S/C6H11O2/c1-5-3-6(2)8-4-7-5/h4-6H,3H2,1-2H3. The van der Waals surface area contributed by atoms with E-state index in [2.05, 4.69) is 0 Å². The Labute approximate surface area is 49.8 Å². The summed E-state index contributed by atoms with van der Waals surface area (Å²) in [7, 11) is 0. The van der Waals surface area contributed by atoms with Gasteiger partial charge in [0.05, 0.1) is 12.2 Å². The lowest BCUT2D eigenvalue weighted by Gasteiger charge is -2.23. The average molecular weight is 115 g/mol. The van der Waals surface area contributed by atoms with Crippen molar-refractivity contribution in [3.63, 3.8) is 0 Å². The third kappa shape index (κ3) is 1.46. The summed E-state index contributed by atoms with van der Waals surface area (Å²) in [6, 6.07) is 0. The lowest BCUT2D eigenvalue weighted by atomic mass is 10.2. The molecule has 1 aliphatic rings. The van der Waals surface area contributed by atoms with Gasteiger partial charge >= 0.3 is 0 Å². The fraction of sp³-hybridized carbons (Fsp3) is 0.833. The molecule has 0 aromatic rings. The van der Waals surface area contributed by atoms with Crippen LogP contribution in [0.1, 0.15) is 20.3 Å². The van der Waals surface area contributed by atoms with Crippen molar-refractivity contribution in [2.24, 2.45) is 0 Å². The maximum atomic E-state index is 5.00. The van der Waals surface area contributed by atoms with Crippen LogP contribution in [0.15, 0.2) is 0 Å². The SMILES string of the molecule is CC1CC(C)O[CH]O1. The van der Waals surface area contributed by atoms with Crippen LogP contribution >= 0.6 is 0 Å². The molecule has 1 heterocycles. The van der Waals surface area contributed by atoms with Gasteiger partial charge in [-0.05, 0) is 20.3 Å². The molecule has 2 unspecified atom stereocenters. The van der Waals surface area contributed by atoms with E-state index in [0.29, 0.717) is 12.2 Å². The van der Waals surface area contributed by atoms with E-state index in [4.69, 9.17) is 9.47 Å². The van der Waals surface area contributed by atoms with Crippen LogP contribution in [0.4, 0.5) is 0 Å². The summed E-state index contributed by atoms with van der Waals surface area (Å²) in [5.74, 6) is 0. The molecule has 1 saturated heterocycles.